The van der Waals surface area contributed by atoms with E-state index in [-0.39, 0.29) is 0 Å². The maximum Gasteiger partial charge on any atom is 0.233 e. The van der Waals surface area contributed by atoms with E-state index in [1.165, 1.54) is 0 Å². The van der Waals surface area contributed by atoms with E-state index in [2.05, 4.69) is 10.2 Å². The molecule has 0 aliphatic rings. The van der Waals surface area contributed by atoms with Gasteiger partial charge in [0.2, 0.25) is 5.88 Å². The summed E-state index contributed by atoms with van der Waals surface area (Å²) in [6, 6.07) is 11.4. The zero-order valence-electron chi connectivity index (χ0n) is 11.5. The van der Waals surface area contributed by atoms with Crippen molar-refractivity contribution in [2.75, 3.05) is 7.11 Å². The van der Waals surface area contributed by atoms with Crippen molar-refractivity contribution in [2.24, 2.45) is 0 Å². The third kappa shape index (κ3) is 2.67. The molecule has 21 heavy (non-hydrogen) atoms. The van der Waals surface area contributed by atoms with Crippen LogP contribution in [-0.2, 0) is 0 Å². The number of aryl methyl sites for hydroxylation is 1. The topological polar surface area (TPSA) is 35.0 Å². The monoisotopic (exact) mass is 318 g/mol. The van der Waals surface area contributed by atoms with Crippen LogP contribution in [0.1, 0.15) is 5.56 Å². The van der Waals surface area contributed by atoms with Crippen molar-refractivity contribution in [3.05, 3.63) is 52.0 Å². The van der Waals surface area contributed by atoms with Crippen molar-refractivity contribution in [2.45, 2.75) is 6.92 Å². The van der Waals surface area contributed by atoms with Crippen molar-refractivity contribution < 1.29 is 4.74 Å². The summed E-state index contributed by atoms with van der Waals surface area (Å²) in [6.45, 7) is 2.03. The van der Waals surface area contributed by atoms with Crippen LogP contribution in [0.3, 0.4) is 0 Å². The van der Waals surface area contributed by atoms with E-state index >= 15 is 0 Å². The molecule has 0 bridgehead atoms. The van der Waals surface area contributed by atoms with E-state index in [0.29, 0.717) is 15.9 Å². The minimum Gasteiger partial charge on any atom is -0.480 e. The minimum absolute atomic E-state index is 0.487. The molecule has 0 spiro atoms. The summed E-state index contributed by atoms with van der Waals surface area (Å²) in [5.41, 5.74) is 3.71. The van der Waals surface area contributed by atoms with E-state index in [1.54, 1.807) is 13.2 Å². The number of hydrogen-bond donors (Lipinski definition) is 0. The van der Waals surface area contributed by atoms with Crippen molar-refractivity contribution in [3.8, 4) is 17.0 Å². The molecule has 1 aromatic heterocycles. The Bertz CT molecular complexity index is 834. The van der Waals surface area contributed by atoms with Crippen molar-refractivity contribution >= 4 is 34.1 Å². The molecule has 0 radical (unpaired) electrons. The SMILES string of the molecule is COc1cc2cc(C)cc(-c3ccc(Cl)cc3Cl)c2nn1. The number of ether oxygens (including phenoxy) is 1. The van der Waals surface area contributed by atoms with Crippen LogP contribution >= 0.6 is 23.2 Å². The average Bonchev–Trinajstić information content (AvgIpc) is 2.45. The van der Waals surface area contributed by atoms with E-state index < -0.39 is 0 Å². The predicted octanol–water partition coefficient (Wildman–Crippen LogP) is 4.92. The maximum atomic E-state index is 6.32. The number of rotatable bonds is 2. The lowest BCUT2D eigenvalue weighted by atomic mass is 10.00. The van der Waals surface area contributed by atoms with E-state index in [1.807, 2.05) is 37.3 Å². The summed E-state index contributed by atoms with van der Waals surface area (Å²) in [5, 5.41) is 10.5. The van der Waals surface area contributed by atoms with Gasteiger partial charge in [0.15, 0.2) is 0 Å². The van der Waals surface area contributed by atoms with Gasteiger partial charge in [0, 0.05) is 32.6 Å². The molecule has 0 fully saturated rings. The fourth-order valence-electron chi connectivity index (χ4n) is 2.30. The molecule has 0 saturated heterocycles. The molecule has 5 heteroatoms. The Morgan fingerprint density at radius 1 is 0.952 bits per heavy atom. The molecule has 3 aromatic rings. The van der Waals surface area contributed by atoms with E-state index in [4.69, 9.17) is 27.9 Å². The summed E-state index contributed by atoms with van der Waals surface area (Å²) in [5.74, 6) is 0.487. The van der Waals surface area contributed by atoms with Crippen molar-refractivity contribution in [1.82, 2.24) is 10.2 Å². The van der Waals surface area contributed by atoms with Gasteiger partial charge in [-0.2, -0.15) is 0 Å². The van der Waals surface area contributed by atoms with Gasteiger partial charge in [-0.05, 0) is 36.8 Å². The first-order valence-electron chi connectivity index (χ1n) is 6.36. The fraction of sp³-hybridized carbons (Fsp3) is 0.125. The van der Waals surface area contributed by atoms with Gasteiger partial charge >= 0.3 is 0 Å². The van der Waals surface area contributed by atoms with Gasteiger partial charge in [-0.15, -0.1) is 10.2 Å². The quantitative estimate of drug-likeness (QED) is 0.672. The Hall–Kier alpha value is -1.84. The third-order valence-corrected chi connectivity index (χ3v) is 3.79. The molecular formula is C16H12Cl2N2O. The highest BCUT2D eigenvalue weighted by atomic mass is 35.5. The van der Waals surface area contributed by atoms with Gasteiger partial charge in [-0.1, -0.05) is 29.3 Å². The predicted molar refractivity (Wildman–Crippen MR) is 86.3 cm³/mol. The Morgan fingerprint density at radius 2 is 1.76 bits per heavy atom. The lowest BCUT2D eigenvalue weighted by molar-refractivity contribution is 0.393. The molecule has 0 aliphatic carbocycles. The van der Waals surface area contributed by atoms with Gasteiger partial charge in [-0.25, -0.2) is 0 Å². The van der Waals surface area contributed by atoms with Gasteiger partial charge in [0.05, 0.1) is 7.11 Å². The van der Waals surface area contributed by atoms with Crippen LogP contribution in [0.25, 0.3) is 22.0 Å². The molecule has 0 amide bonds. The maximum absolute atomic E-state index is 6.32. The van der Waals surface area contributed by atoms with Gasteiger partial charge in [0.1, 0.15) is 5.52 Å². The van der Waals surface area contributed by atoms with Crippen LogP contribution < -0.4 is 4.74 Å². The minimum atomic E-state index is 0.487. The largest absolute Gasteiger partial charge is 0.480 e. The zero-order chi connectivity index (χ0) is 15.0. The highest BCUT2D eigenvalue weighted by Crippen LogP contribution is 2.35. The van der Waals surface area contributed by atoms with Crippen molar-refractivity contribution in [1.29, 1.82) is 0 Å². The normalized spacial score (nSPS) is 10.9. The summed E-state index contributed by atoms with van der Waals surface area (Å²) >= 11 is 12.3. The number of hydrogen-bond acceptors (Lipinski definition) is 3. The number of methoxy groups -OCH3 is 1. The van der Waals surface area contributed by atoms with Gasteiger partial charge in [-0.3, -0.25) is 0 Å². The van der Waals surface area contributed by atoms with Crippen LogP contribution in [0.2, 0.25) is 10.0 Å². The van der Waals surface area contributed by atoms with Crippen LogP contribution in [0.15, 0.2) is 36.4 Å². The zero-order valence-corrected chi connectivity index (χ0v) is 13.0. The highest BCUT2D eigenvalue weighted by Gasteiger charge is 2.12. The summed E-state index contributed by atoms with van der Waals surface area (Å²) < 4.78 is 5.13. The summed E-state index contributed by atoms with van der Waals surface area (Å²) in [7, 11) is 1.57. The number of aromatic nitrogens is 2. The number of nitrogens with zero attached hydrogens (tertiary/aromatic N) is 2. The average molecular weight is 319 g/mol. The first-order chi connectivity index (χ1) is 10.1. The molecule has 3 nitrogen and oxygen atoms in total. The first-order valence-corrected chi connectivity index (χ1v) is 7.11. The third-order valence-electron chi connectivity index (χ3n) is 3.24. The summed E-state index contributed by atoms with van der Waals surface area (Å²) in [4.78, 5) is 0. The smallest absolute Gasteiger partial charge is 0.233 e. The Balaban J connectivity index is 2.31. The molecule has 106 valence electrons. The Morgan fingerprint density at radius 3 is 2.48 bits per heavy atom. The first kappa shape index (κ1) is 14.1. The molecule has 0 saturated carbocycles. The fourth-order valence-corrected chi connectivity index (χ4v) is 2.81. The van der Waals surface area contributed by atoms with Crippen LogP contribution in [0, 0.1) is 6.92 Å². The number of fused-ring (bicyclic) bond motifs is 1. The van der Waals surface area contributed by atoms with Crippen LogP contribution in [-0.4, -0.2) is 17.3 Å². The Kier molecular flexibility index (Phi) is 3.70. The molecule has 0 aliphatic heterocycles. The van der Waals surface area contributed by atoms with Crippen LogP contribution in [0.4, 0.5) is 0 Å². The van der Waals surface area contributed by atoms with E-state index in [9.17, 15) is 0 Å². The van der Waals surface area contributed by atoms with Crippen molar-refractivity contribution in [3.63, 3.8) is 0 Å². The molecule has 0 atom stereocenters. The summed E-state index contributed by atoms with van der Waals surface area (Å²) in [6.07, 6.45) is 0. The van der Waals surface area contributed by atoms with E-state index in [0.717, 1.165) is 27.6 Å². The van der Waals surface area contributed by atoms with Crippen LogP contribution in [0.5, 0.6) is 5.88 Å². The van der Waals surface area contributed by atoms with Gasteiger partial charge < -0.3 is 4.74 Å². The lowest BCUT2D eigenvalue weighted by Gasteiger charge is -2.10. The standard InChI is InChI=1S/C16H12Cl2N2O/c1-9-5-10-7-15(21-2)19-20-16(10)13(6-9)12-4-3-11(17)8-14(12)18/h3-8H,1-2H3. The second kappa shape index (κ2) is 5.51. The lowest BCUT2D eigenvalue weighted by Crippen LogP contribution is -1.94. The molecular weight excluding hydrogens is 307 g/mol. The van der Waals surface area contributed by atoms with Gasteiger partial charge in [0.25, 0.3) is 0 Å². The number of benzene rings is 2. The number of halogens is 2. The second-order valence-corrected chi connectivity index (χ2v) is 5.60. The molecule has 2 aromatic carbocycles. The Labute approximate surface area is 132 Å². The molecule has 3 rings (SSSR count). The highest BCUT2D eigenvalue weighted by molar-refractivity contribution is 6.36. The molecule has 1 heterocycles. The second-order valence-electron chi connectivity index (χ2n) is 4.76. The molecule has 0 unspecified atom stereocenters. The molecule has 0 N–H and O–H groups in total.